The molecule has 100 valence electrons. The van der Waals surface area contributed by atoms with Crippen LogP contribution in [0.15, 0.2) is 39.8 Å². The number of pyridine rings is 1. The van der Waals surface area contributed by atoms with Crippen molar-refractivity contribution in [2.45, 2.75) is 18.4 Å². The van der Waals surface area contributed by atoms with Crippen LogP contribution in [0, 0.1) is 12.7 Å². The van der Waals surface area contributed by atoms with Gasteiger partial charge in [0.2, 0.25) is 0 Å². The van der Waals surface area contributed by atoms with Crippen LogP contribution in [0.2, 0.25) is 0 Å². The van der Waals surface area contributed by atoms with E-state index in [0.29, 0.717) is 12.4 Å². The SMILES string of the molecule is CSc1cc(F)cc(COc2cc(Br)cnc2C)c1. The normalized spacial score (nSPS) is 10.5. The summed E-state index contributed by atoms with van der Waals surface area (Å²) in [5.74, 6) is 0.457. The van der Waals surface area contributed by atoms with Crippen LogP contribution >= 0.6 is 27.7 Å². The monoisotopic (exact) mass is 341 g/mol. The lowest BCUT2D eigenvalue weighted by Gasteiger charge is -2.10. The largest absolute Gasteiger partial charge is 0.487 e. The number of halogens is 2. The van der Waals surface area contributed by atoms with Gasteiger partial charge in [-0.3, -0.25) is 4.98 Å². The van der Waals surface area contributed by atoms with Crippen LogP contribution in [0.25, 0.3) is 0 Å². The van der Waals surface area contributed by atoms with Crippen molar-refractivity contribution in [3.8, 4) is 5.75 Å². The number of hydrogen-bond acceptors (Lipinski definition) is 3. The average Bonchev–Trinajstić information content (AvgIpc) is 2.39. The van der Waals surface area contributed by atoms with E-state index >= 15 is 0 Å². The van der Waals surface area contributed by atoms with Crippen LogP contribution in [0.1, 0.15) is 11.3 Å². The van der Waals surface area contributed by atoms with E-state index in [9.17, 15) is 4.39 Å². The van der Waals surface area contributed by atoms with Crippen molar-refractivity contribution >= 4 is 27.7 Å². The molecule has 0 radical (unpaired) electrons. The number of aromatic nitrogens is 1. The fourth-order valence-corrected chi connectivity index (χ4v) is 2.43. The summed E-state index contributed by atoms with van der Waals surface area (Å²) >= 11 is 4.86. The molecule has 0 spiro atoms. The quantitative estimate of drug-likeness (QED) is 0.759. The predicted molar refractivity (Wildman–Crippen MR) is 79.2 cm³/mol. The van der Waals surface area contributed by atoms with Crippen molar-refractivity contribution in [2.24, 2.45) is 0 Å². The zero-order valence-corrected chi connectivity index (χ0v) is 13.0. The summed E-state index contributed by atoms with van der Waals surface area (Å²) in [5.41, 5.74) is 1.62. The average molecular weight is 342 g/mol. The number of benzene rings is 1. The third kappa shape index (κ3) is 3.94. The van der Waals surface area contributed by atoms with Gasteiger partial charge in [-0.2, -0.15) is 0 Å². The van der Waals surface area contributed by atoms with Gasteiger partial charge in [-0.1, -0.05) is 0 Å². The topological polar surface area (TPSA) is 22.1 Å². The number of nitrogens with zero attached hydrogens (tertiary/aromatic N) is 1. The van der Waals surface area contributed by atoms with Crippen LogP contribution in [0.3, 0.4) is 0 Å². The highest BCUT2D eigenvalue weighted by molar-refractivity contribution is 9.10. The summed E-state index contributed by atoms with van der Waals surface area (Å²) in [6.07, 6.45) is 3.64. The Morgan fingerprint density at radius 2 is 2.11 bits per heavy atom. The standard InChI is InChI=1S/C14H13BrFNOS/c1-9-14(5-11(15)7-17-9)18-8-10-3-12(16)6-13(4-10)19-2/h3-7H,8H2,1-2H3. The van der Waals surface area contributed by atoms with E-state index in [1.54, 1.807) is 6.20 Å². The van der Waals surface area contributed by atoms with Crippen LogP contribution in [0.4, 0.5) is 4.39 Å². The molecule has 1 heterocycles. The Balaban J connectivity index is 2.14. The molecule has 0 saturated carbocycles. The van der Waals surface area contributed by atoms with Crippen LogP contribution in [-0.2, 0) is 6.61 Å². The molecule has 0 aliphatic carbocycles. The van der Waals surface area contributed by atoms with Gasteiger partial charge in [-0.05, 0) is 58.9 Å². The van der Waals surface area contributed by atoms with Crippen molar-refractivity contribution in [1.29, 1.82) is 0 Å². The second kappa shape index (κ2) is 6.39. The van der Waals surface area contributed by atoms with Gasteiger partial charge >= 0.3 is 0 Å². The number of hydrogen-bond donors (Lipinski definition) is 0. The molecular formula is C14H13BrFNOS. The van der Waals surface area contributed by atoms with E-state index in [4.69, 9.17) is 4.74 Å². The van der Waals surface area contributed by atoms with E-state index in [2.05, 4.69) is 20.9 Å². The minimum atomic E-state index is -0.241. The summed E-state index contributed by atoms with van der Waals surface area (Å²) in [7, 11) is 0. The molecule has 1 aromatic carbocycles. The smallest absolute Gasteiger partial charge is 0.142 e. The molecule has 0 aliphatic heterocycles. The van der Waals surface area contributed by atoms with Crippen molar-refractivity contribution in [2.75, 3.05) is 6.26 Å². The fraction of sp³-hybridized carbons (Fsp3) is 0.214. The molecule has 5 heteroatoms. The summed E-state index contributed by atoms with van der Waals surface area (Å²) in [6, 6.07) is 6.78. The predicted octanol–water partition coefficient (Wildman–Crippen LogP) is 4.59. The highest BCUT2D eigenvalue weighted by Gasteiger charge is 2.05. The highest BCUT2D eigenvalue weighted by Crippen LogP contribution is 2.23. The Kier molecular flexibility index (Phi) is 4.82. The van der Waals surface area contributed by atoms with Crippen LogP contribution in [-0.4, -0.2) is 11.2 Å². The van der Waals surface area contributed by atoms with Crippen LogP contribution in [0.5, 0.6) is 5.75 Å². The first-order valence-corrected chi connectivity index (χ1v) is 7.68. The maximum Gasteiger partial charge on any atom is 0.142 e. The van der Waals surface area contributed by atoms with Gasteiger partial charge in [0.1, 0.15) is 18.2 Å². The molecule has 0 aliphatic rings. The highest BCUT2D eigenvalue weighted by atomic mass is 79.9. The molecule has 2 nitrogen and oxygen atoms in total. The minimum Gasteiger partial charge on any atom is -0.487 e. The van der Waals surface area contributed by atoms with E-state index in [0.717, 1.165) is 20.6 Å². The minimum absolute atomic E-state index is 0.241. The van der Waals surface area contributed by atoms with Gasteiger partial charge in [0, 0.05) is 15.6 Å². The first kappa shape index (κ1) is 14.3. The molecule has 0 unspecified atom stereocenters. The molecule has 19 heavy (non-hydrogen) atoms. The molecule has 0 fully saturated rings. The molecule has 0 atom stereocenters. The maximum atomic E-state index is 13.4. The van der Waals surface area contributed by atoms with Crippen molar-refractivity contribution in [1.82, 2.24) is 4.98 Å². The van der Waals surface area contributed by atoms with Crippen molar-refractivity contribution in [3.63, 3.8) is 0 Å². The second-order valence-corrected chi connectivity index (χ2v) is 5.82. The van der Waals surface area contributed by atoms with Crippen molar-refractivity contribution < 1.29 is 9.13 Å². The van der Waals surface area contributed by atoms with E-state index in [-0.39, 0.29) is 5.82 Å². The Hall–Kier alpha value is -1.07. The second-order valence-electron chi connectivity index (χ2n) is 4.03. The molecule has 2 aromatic rings. The fourth-order valence-electron chi connectivity index (χ4n) is 1.62. The molecule has 2 rings (SSSR count). The Bertz CT molecular complexity index is 592. The lowest BCUT2D eigenvalue weighted by atomic mass is 10.2. The van der Waals surface area contributed by atoms with E-state index in [1.807, 2.05) is 25.3 Å². The third-order valence-electron chi connectivity index (χ3n) is 2.57. The van der Waals surface area contributed by atoms with Gasteiger partial charge < -0.3 is 4.74 Å². The molecule has 0 saturated heterocycles. The zero-order chi connectivity index (χ0) is 13.8. The Labute approximate surface area is 124 Å². The number of ether oxygens (including phenoxy) is 1. The number of aryl methyl sites for hydroxylation is 1. The molecule has 1 aromatic heterocycles. The van der Waals surface area contributed by atoms with Gasteiger partial charge in [0.25, 0.3) is 0 Å². The third-order valence-corrected chi connectivity index (χ3v) is 3.71. The Morgan fingerprint density at radius 3 is 2.84 bits per heavy atom. The summed E-state index contributed by atoms with van der Waals surface area (Å²) in [4.78, 5) is 5.08. The van der Waals surface area contributed by atoms with Gasteiger partial charge in [0.15, 0.2) is 0 Å². The Morgan fingerprint density at radius 1 is 1.32 bits per heavy atom. The van der Waals surface area contributed by atoms with E-state index in [1.165, 1.54) is 23.9 Å². The number of thioether (sulfide) groups is 1. The molecule has 0 N–H and O–H groups in total. The lowest BCUT2D eigenvalue weighted by Crippen LogP contribution is -1.99. The van der Waals surface area contributed by atoms with Gasteiger partial charge in [-0.25, -0.2) is 4.39 Å². The summed E-state index contributed by atoms with van der Waals surface area (Å²) in [6.45, 7) is 2.20. The first-order valence-electron chi connectivity index (χ1n) is 5.67. The molecule has 0 amide bonds. The summed E-state index contributed by atoms with van der Waals surface area (Å²) in [5, 5.41) is 0. The number of rotatable bonds is 4. The summed E-state index contributed by atoms with van der Waals surface area (Å²) < 4.78 is 19.9. The van der Waals surface area contributed by atoms with Crippen molar-refractivity contribution in [3.05, 3.63) is 52.0 Å². The zero-order valence-electron chi connectivity index (χ0n) is 10.6. The van der Waals surface area contributed by atoms with Crippen LogP contribution < -0.4 is 4.74 Å². The molecule has 0 bridgehead atoms. The first-order chi connectivity index (χ1) is 9.08. The maximum absolute atomic E-state index is 13.4. The van der Waals surface area contributed by atoms with Gasteiger partial charge in [0.05, 0.1) is 5.69 Å². The molecular weight excluding hydrogens is 329 g/mol. The van der Waals surface area contributed by atoms with E-state index < -0.39 is 0 Å². The van der Waals surface area contributed by atoms with Gasteiger partial charge in [-0.15, -0.1) is 11.8 Å². The lowest BCUT2D eigenvalue weighted by molar-refractivity contribution is 0.301.